The Balaban J connectivity index is 1.97. The Morgan fingerprint density at radius 1 is 0.808 bits per heavy atom. The van der Waals surface area contributed by atoms with Crippen molar-refractivity contribution in [2.75, 3.05) is 0 Å². The number of phenolic OH excluding ortho intramolecular Hbond substituents is 1. The zero-order chi connectivity index (χ0) is 18.3. The Morgan fingerprint density at radius 3 is 2.19 bits per heavy atom. The van der Waals surface area contributed by atoms with Gasteiger partial charge in [0.05, 0.1) is 11.6 Å². The second kappa shape index (κ2) is 4.76. The highest BCUT2D eigenvalue weighted by Crippen LogP contribution is 2.56. The smallest absolute Gasteiger partial charge is 0.115 e. The maximum Gasteiger partial charge on any atom is 0.115 e. The average molecular weight is 341 g/mol. The quantitative estimate of drug-likeness (QED) is 0.606. The Hall–Kier alpha value is -2.61. The molecule has 2 heteroatoms. The van der Waals surface area contributed by atoms with Gasteiger partial charge in [0.2, 0.25) is 0 Å². The zero-order valence-electron chi connectivity index (χ0n) is 15.7. The van der Waals surface area contributed by atoms with Gasteiger partial charge in [-0.1, -0.05) is 58.0 Å². The van der Waals surface area contributed by atoms with Crippen LogP contribution >= 0.6 is 0 Å². The molecular formula is C24H23NO. The first-order valence-corrected chi connectivity index (χ1v) is 9.26. The van der Waals surface area contributed by atoms with E-state index in [1.807, 2.05) is 24.4 Å². The third-order valence-corrected chi connectivity index (χ3v) is 6.55. The van der Waals surface area contributed by atoms with E-state index in [0.717, 1.165) is 5.69 Å². The number of aromatic nitrogens is 1. The first-order valence-electron chi connectivity index (χ1n) is 9.26. The average Bonchev–Trinajstić information content (AvgIpc) is 2.61. The fourth-order valence-electron chi connectivity index (χ4n) is 5.23. The topological polar surface area (TPSA) is 33.1 Å². The molecule has 0 aliphatic heterocycles. The molecular weight excluding hydrogens is 318 g/mol. The number of nitrogens with zero attached hydrogens (tertiary/aromatic N) is 1. The summed E-state index contributed by atoms with van der Waals surface area (Å²) in [5.74, 6) is 0.406. The van der Waals surface area contributed by atoms with E-state index in [-0.39, 0.29) is 16.7 Å². The Labute approximate surface area is 154 Å². The summed E-state index contributed by atoms with van der Waals surface area (Å²) < 4.78 is 0. The predicted molar refractivity (Wildman–Crippen MR) is 104 cm³/mol. The van der Waals surface area contributed by atoms with E-state index in [4.69, 9.17) is 4.98 Å². The summed E-state index contributed by atoms with van der Waals surface area (Å²) in [5.41, 5.74) is 8.82. The predicted octanol–water partition coefficient (Wildman–Crippen LogP) is 5.25. The van der Waals surface area contributed by atoms with Crippen molar-refractivity contribution < 1.29 is 5.11 Å². The van der Waals surface area contributed by atoms with E-state index in [1.54, 1.807) is 0 Å². The van der Waals surface area contributed by atoms with E-state index in [2.05, 4.69) is 58.0 Å². The van der Waals surface area contributed by atoms with Crippen LogP contribution in [0.3, 0.4) is 0 Å². The SMILES string of the molecule is CC1(C)c2ccc(O)cc2C2c3ncccc3C(C)(C)c3cccc1c32. The van der Waals surface area contributed by atoms with Crippen LogP contribution in [0.1, 0.15) is 72.7 Å². The van der Waals surface area contributed by atoms with Crippen LogP contribution in [-0.2, 0) is 10.8 Å². The van der Waals surface area contributed by atoms with Gasteiger partial charge in [0, 0.05) is 17.0 Å². The molecule has 130 valence electrons. The zero-order valence-corrected chi connectivity index (χ0v) is 15.7. The van der Waals surface area contributed by atoms with Crippen molar-refractivity contribution in [2.45, 2.75) is 44.4 Å². The molecule has 0 bridgehead atoms. The molecule has 1 atom stereocenters. The molecule has 1 heterocycles. The molecule has 1 aromatic heterocycles. The molecule has 3 aromatic rings. The molecule has 2 aliphatic rings. The van der Waals surface area contributed by atoms with Gasteiger partial charge >= 0.3 is 0 Å². The van der Waals surface area contributed by atoms with Gasteiger partial charge in [0.15, 0.2) is 0 Å². The third kappa shape index (κ3) is 1.74. The van der Waals surface area contributed by atoms with Crippen LogP contribution in [0.5, 0.6) is 5.75 Å². The summed E-state index contributed by atoms with van der Waals surface area (Å²) in [6.07, 6.45) is 1.89. The van der Waals surface area contributed by atoms with Crippen molar-refractivity contribution in [1.82, 2.24) is 4.98 Å². The monoisotopic (exact) mass is 341 g/mol. The third-order valence-electron chi connectivity index (χ3n) is 6.55. The van der Waals surface area contributed by atoms with E-state index < -0.39 is 0 Å². The van der Waals surface area contributed by atoms with Crippen LogP contribution in [-0.4, -0.2) is 10.1 Å². The van der Waals surface area contributed by atoms with Gasteiger partial charge in [0.1, 0.15) is 5.75 Å². The molecule has 0 fully saturated rings. The van der Waals surface area contributed by atoms with E-state index in [9.17, 15) is 5.11 Å². The van der Waals surface area contributed by atoms with Crippen molar-refractivity contribution in [2.24, 2.45) is 0 Å². The summed E-state index contributed by atoms with van der Waals surface area (Å²) in [4.78, 5) is 4.84. The Bertz CT molecular complexity index is 1050. The van der Waals surface area contributed by atoms with Gasteiger partial charge in [-0.15, -0.1) is 0 Å². The molecule has 1 unspecified atom stereocenters. The summed E-state index contributed by atoms with van der Waals surface area (Å²) in [5, 5.41) is 10.2. The summed E-state index contributed by atoms with van der Waals surface area (Å²) >= 11 is 0. The van der Waals surface area contributed by atoms with Crippen molar-refractivity contribution in [3.05, 3.63) is 93.8 Å². The van der Waals surface area contributed by atoms with E-state index in [1.165, 1.54) is 33.4 Å². The van der Waals surface area contributed by atoms with Crippen LogP contribution in [0.2, 0.25) is 0 Å². The molecule has 0 spiro atoms. The second-order valence-electron chi connectivity index (χ2n) is 8.66. The van der Waals surface area contributed by atoms with Gasteiger partial charge in [-0.05, 0) is 51.6 Å². The molecule has 0 saturated carbocycles. The van der Waals surface area contributed by atoms with Crippen molar-refractivity contribution in [1.29, 1.82) is 0 Å². The molecule has 1 N–H and O–H groups in total. The van der Waals surface area contributed by atoms with Crippen molar-refractivity contribution >= 4 is 0 Å². The lowest BCUT2D eigenvalue weighted by atomic mass is 9.57. The Kier molecular flexibility index (Phi) is 2.86. The van der Waals surface area contributed by atoms with Crippen LogP contribution in [0, 0.1) is 0 Å². The second-order valence-corrected chi connectivity index (χ2v) is 8.66. The first kappa shape index (κ1) is 15.6. The van der Waals surface area contributed by atoms with Gasteiger partial charge in [0.25, 0.3) is 0 Å². The van der Waals surface area contributed by atoms with E-state index >= 15 is 0 Å². The molecule has 2 aromatic carbocycles. The van der Waals surface area contributed by atoms with Crippen LogP contribution < -0.4 is 0 Å². The fourth-order valence-corrected chi connectivity index (χ4v) is 5.23. The minimum Gasteiger partial charge on any atom is -0.508 e. The normalized spacial score (nSPS) is 20.7. The molecule has 0 amide bonds. The standard InChI is InChI=1S/C24H23NO/c1-23(2)16-11-10-14(26)13-15(16)20-21-17(23)7-5-8-18(21)24(3,4)19-9-6-12-25-22(19)20/h5-13,20,26H,1-4H3. The van der Waals surface area contributed by atoms with E-state index in [0.29, 0.717) is 5.75 Å². The number of benzene rings is 2. The molecule has 26 heavy (non-hydrogen) atoms. The lowest BCUT2D eigenvalue weighted by Gasteiger charge is -2.46. The first-order chi connectivity index (χ1) is 12.3. The summed E-state index contributed by atoms with van der Waals surface area (Å²) in [6, 6.07) is 16.8. The maximum atomic E-state index is 10.2. The van der Waals surface area contributed by atoms with Crippen molar-refractivity contribution in [3.8, 4) is 5.75 Å². The van der Waals surface area contributed by atoms with Gasteiger partial charge in [-0.25, -0.2) is 0 Å². The number of hydrogen-bond donors (Lipinski definition) is 1. The van der Waals surface area contributed by atoms with Crippen molar-refractivity contribution in [3.63, 3.8) is 0 Å². The van der Waals surface area contributed by atoms with Gasteiger partial charge < -0.3 is 5.11 Å². The number of fused-ring (bicyclic) bond motifs is 4. The molecule has 0 radical (unpaired) electrons. The molecule has 0 saturated heterocycles. The van der Waals surface area contributed by atoms with Crippen LogP contribution in [0.15, 0.2) is 54.7 Å². The minimum absolute atomic E-state index is 0.0838. The number of rotatable bonds is 0. The number of pyridine rings is 1. The highest BCUT2D eigenvalue weighted by molar-refractivity contribution is 5.67. The Morgan fingerprint density at radius 2 is 1.46 bits per heavy atom. The lowest BCUT2D eigenvalue weighted by Crippen LogP contribution is -2.38. The molecule has 5 rings (SSSR count). The minimum atomic E-state index is -0.104. The number of aromatic hydroxyl groups is 1. The maximum absolute atomic E-state index is 10.2. The highest BCUT2D eigenvalue weighted by atomic mass is 16.3. The molecule has 2 nitrogen and oxygen atoms in total. The summed E-state index contributed by atoms with van der Waals surface area (Å²) in [6.45, 7) is 9.17. The van der Waals surface area contributed by atoms with Gasteiger partial charge in [-0.3, -0.25) is 4.98 Å². The number of hydrogen-bond acceptors (Lipinski definition) is 2. The summed E-state index contributed by atoms with van der Waals surface area (Å²) in [7, 11) is 0. The highest BCUT2D eigenvalue weighted by Gasteiger charge is 2.46. The molecule has 2 aliphatic carbocycles. The number of phenols is 1. The van der Waals surface area contributed by atoms with Crippen LogP contribution in [0.4, 0.5) is 0 Å². The fraction of sp³-hybridized carbons (Fsp3) is 0.292. The lowest BCUT2D eigenvalue weighted by molar-refractivity contribution is 0.471. The largest absolute Gasteiger partial charge is 0.508 e. The van der Waals surface area contributed by atoms with Gasteiger partial charge in [-0.2, -0.15) is 0 Å². The van der Waals surface area contributed by atoms with Crippen LogP contribution in [0.25, 0.3) is 0 Å².